The van der Waals surface area contributed by atoms with Gasteiger partial charge in [0.1, 0.15) is 11.9 Å². The summed E-state index contributed by atoms with van der Waals surface area (Å²) in [7, 11) is 0. The lowest BCUT2D eigenvalue weighted by molar-refractivity contribution is -0.130. The van der Waals surface area contributed by atoms with Crippen LogP contribution in [0.3, 0.4) is 0 Å². The van der Waals surface area contributed by atoms with E-state index in [1.165, 1.54) is 25.7 Å². The number of hydrogen-bond acceptors (Lipinski definition) is 4. The molecule has 0 spiro atoms. The topological polar surface area (TPSA) is 42.4 Å². The summed E-state index contributed by atoms with van der Waals surface area (Å²) >= 11 is 1.85. The zero-order valence-electron chi connectivity index (χ0n) is 12.9. The molecule has 22 heavy (non-hydrogen) atoms. The number of carbonyl (C=O) groups is 1. The Morgan fingerprint density at radius 1 is 1.23 bits per heavy atom. The van der Waals surface area contributed by atoms with Gasteiger partial charge in [0.15, 0.2) is 0 Å². The quantitative estimate of drug-likeness (QED) is 0.836. The number of likely N-dealkylation sites (tertiary alicyclic amines) is 1. The van der Waals surface area contributed by atoms with Gasteiger partial charge >= 0.3 is 0 Å². The van der Waals surface area contributed by atoms with Gasteiger partial charge < -0.3 is 9.64 Å². The van der Waals surface area contributed by atoms with Crippen molar-refractivity contribution in [3.8, 4) is 5.75 Å². The second kappa shape index (κ2) is 7.86. The SMILES string of the molecule is O=C(CSC1CCCC1)N1CCC[C@@H](Oc2ccncc2)C1. The van der Waals surface area contributed by atoms with E-state index < -0.39 is 0 Å². The Labute approximate surface area is 136 Å². The predicted molar refractivity (Wildman–Crippen MR) is 89.2 cm³/mol. The molecule has 4 nitrogen and oxygen atoms in total. The summed E-state index contributed by atoms with van der Waals surface area (Å²) in [6.07, 6.45) is 10.8. The van der Waals surface area contributed by atoms with Crippen molar-refractivity contribution in [3.63, 3.8) is 0 Å². The standard InChI is InChI=1S/C17H24N2O2S/c20-17(13-22-16-5-1-2-6-16)19-11-3-4-15(12-19)21-14-7-9-18-10-8-14/h7-10,15-16H,1-6,11-13H2/t15-/m1/s1. The van der Waals surface area contributed by atoms with Crippen molar-refractivity contribution in [2.24, 2.45) is 0 Å². The van der Waals surface area contributed by atoms with Crippen LogP contribution in [0.1, 0.15) is 38.5 Å². The number of carbonyl (C=O) groups excluding carboxylic acids is 1. The molecule has 1 aromatic heterocycles. The number of rotatable bonds is 5. The van der Waals surface area contributed by atoms with Crippen LogP contribution in [0.4, 0.5) is 0 Å². The van der Waals surface area contributed by atoms with Crippen molar-refractivity contribution in [1.29, 1.82) is 0 Å². The molecule has 0 unspecified atom stereocenters. The maximum atomic E-state index is 12.4. The minimum atomic E-state index is 0.108. The zero-order chi connectivity index (χ0) is 15.2. The number of nitrogens with zero attached hydrogens (tertiary/aromatic N) is 2. The van der Waals surface area contributed by atoms with Crippen molar-refractivity contribution in [3.05, 3.63) is 24.5 Å². The van der Waals surface area contributed by atoms with E-state index in [1.807, 2.05) is 28.8 Å². The van der Waals surface area contributed by atoms with Gasteiger partial charge in [0, 0.05) is 24.2 Å². The van der Waals surface area contributed by atoms with Gasteiger partial charge in [-0.05, 0) is 37.8 Å². The number of hydrogen-bond donors (Lipinski definition) is 0. The molecule has 1 amide bonds. The first-order valence-electron chi connectivity index (χ1n) is 8.27. The average molecular weight is 320 g/mol. The lowest BCUT2D eigenvalue weighted by atomic mass is 10.1. The number of amides is 1. The molecule has 2 aliphatic rings. The lowest BCUT2D eigenvalue weighted by Gasteiger charge is -2.33. The van der Waals surface area contributed by atoms with Gasteiger partial charge in [-0.2, -0.15) is 0 Å². The second-order valence-corrected chi connectivity index (χ2v) is 7.41. The highest BCUT2D eigenvalue weighted by molar-refractivity contribution is 8.00. The molecule has 0 N–H and O–H groups in total. The first-order chi connectivity index (χ1) is 10.8. The fraction of sp³-hybridized carbons (Fsp3) is 0.647. The van der Waals surface area contributed by atoms with Gasteiger partial charge in [-0.3, -0.25) is 9.78 Å². The summed E-state index contributed by atoms with van der Waals surface area (Å²) in [5.74, 6) is 1.75. The molecule has 0 bridgehead atoms. The van der Waals surface area contributed by atoms with Gasteiger partial charge in [-0.25, -0.2) is 0 Å². The third kappa shape index (κ3) is 4.38. The highest BCUT2D eigenvalue weighted by atomic mass is 32.2. The fourth-order valence-electron chi connectivity index (χ4n) is 3.21. The van der Waals surface area contributed by atoms with Crippen LogP contribution in [0.25, 0.3) is 0 Å². The van der Waals surface area contributed by atoms with Gasteiger partial charge in [0.05, 0.1) is 12.3 Å². The van der Waals surface area contributed by atoms with Crippen molar-refractivity contribution >= 4 is 17.7 Å². The maximum Gasteiger partial charge on any atom is 0.232 e. The van der Waals surface area contributed by atoms with E-state index in [-0.39, 0.29) is 12.0 Å². The Bertz CT molecular complexity index is 477. The zero-order valence-corrected chi connectivity index (χ0v) is 13.8. The highest BCUT2D eigenvalue weighted by Gasteiger charge is 2.26. The average Bonchev–Trinajstić information content (AvgIpc) is 3.07. The van der Waals surface area contributed by atoms with Gasteiger partial charge in [0.2, 0.25) is 5.91 Å². The van der Waals surface area contributed by atoms with Gasteiger partial charge in [-0.15, -0.1) is 11.8 Å². The molecule has 1 atom stereocenters. The van der Waals surface area contributed by atoms with Crippen LogP contribution in [-0.2, 0) is 4.79 Å². The number of piperidine rings is 1. The minimum absolute atomic E-state index is 0.108. The Hall–Kier alpha value is -1.23. The number of aromatic nitrogens is 1. The molecule has 120 valence electrons. The number of pyridine rings is 1. The molecule has 1 saturated carbocycles. The predicted octanol–water partition coefficient (Wildman–Crippen LogP) is 3.13. The van der Waals surface area contributed by atoms with E-state index in [9.17, 15) is 4.79 Å². The van der Waals surface area contributed by atoms with Crippen LogP contribution in [0.2, 0.25) is 0 Å². The Morgan fingerprint density at radius 2 is 2.00 bits per heavy atom. The highest BCUT2D eigenvalue weighted by Crippen LogP contribution is 2.29. The van der Waals surface area contributed by atoms with Crippen molar-refractivity contribution in [2.45, 2.75) is 49.9 Å². The molecule has 2 fully saturated rings. The molecule has 3 rings (SSSR count). The molecule has 0 aromatic carbocycles. The van der Waals surface area contributed by atoms with Crippen LogP contribution in [-0.4, -0.2) is 46.0 Å². The van der Waals surface area contributed by atoms with Crippen LogP contribution in [0, 0.1) is 0 Å². The monoisotopic (exact) mass is 320 g/mol. The molecule has 2 heterocycles. The van der Waals surface area contributed by atoms with E-state index in [0.29, 0.717) is 17.5 Å². The van der Waals surface area contributed by atoms with Crippen LogP contribution in [0.15, 0.2) is 24.5 Å². The number of thioether (sulfide) groups is 1. The molecule has 0 radical (unpaired) electrons. The molecule has 1 aromatic rings. The normalized spacial score (nSPS) is 22.7. The van der Waals surface area contributed by atoms with Crippen LogP contribution in [0.5, 0.6) is 5.75 Å². The molecule has 5 heteroatoms. The van der Waals surface area contributed by atoms with Crippen molar-refractivity contribution < 1.29 is 9.53 Å². The maximum absolute atomic E-state index is 12.4. The third-order valence-corrected chi connectivity index (χ3v) is 5.78. The van der Waals surface area contributed by atoms with E-state index in [1.54, 1.807) is 12.4 Å². The molecular weight excluding hydrogens is 296 g/mol. The first kappa shape index (κ1) is 15.7. The fourth-order valence-corrected chi connectivity index (χ4v) is 4.43. The molecule has 1 saturated heterocycles. The van der Waals surface area contributed by atoms with E-state index in [0.717, 1.165) is 25.1 Å². The lowest BCUT2D eigenvalue weighted by Crippen LogP contribution is -2.45. The van der Waals surface area contributed by atoms with E-state index in [4.69, 9.17) is 4.74 Å². The van der Waals surface area contributed by atoms with Crippen LogP contribution >= 0.6 is 11.8 Å². The largest absolute Gasteiger partial charge is 0.488 e. The minimum Gasteiger partial charge on any atom is -0.488 e. The number of ether oxygens (including phenoxy) is 1. The Morgan fingerprint density at radius 3 is 2.77 bits per heavy atom. The van der Waals surface area contributed by atoms with Crippen molar-refractivity contribution in [1.82, 2.24) is 9.88 Å². The summed E-state index contributed by atoms with van der Waals surface area (Å²) in [4.78, 5) is 18.4. The Kier molecular flexibility index (Phi) is 5.59. The van der Waals surface area contributed by atoms with Crippen molar-refractivity contribution in [2.75, 3.05) is 18.8 Å². The first-order valence-corrected chi connectivity index (χ1v) is 9.32. The van der Waals surface area contributed by atoms with Gasteiger partial charge in [-0.1, -0.05) is 12.8 Å². The molecule has 1 aliphatic heterocycles. The summed E-state index contributed by atoms with van der Waals surface area (Å²) in [5, 5.41) is 0.706. The summed E-state index contributed by atoms with van der Waals surface area (Å²) in [5.41, 5.74) is 0. The summed E-state index contributed by atoms with van der Waals surface area (Å²) in [6.45, 7) is 1.59. The third-order valence-electron chi connectivity index (χ3n) is 4.43. The summed E-state index contributed by atoms with van der Waals surface area (Å²) in [6, 6.07) is 3.74. The van der Waals surface area contributed by atoms with E-state index in [2.05, 4.69) is 4.98 Å². The van der Waals surface area contributed by atoms with Crippen LogP contribution < -0.4 is 4.74 Å². The smallest absolute Gasteiger partial charge is 0.232 e. The van der Waals surface area contributed by atoms with Gasteiger partial charge in [0.25, 0.3) is 0 Å². The van der Waals surface area contributed by atoms with E-state index >= 15 is 0 Å². The molecular formula is C17H24N2O2S. The summed E-state index contributed by atoms with van der Waals surface area (Å²) < 4.78 is 5.97. The molecule has 1 aliphatic carbocycles. The second-order valence-electron chi connectivity index (χ2n) is 6.12. The Balaban J connectivity index is 1.46.